The number of ether oxygens (including phenoxy) is 3. The van der Waals surface area contributed by atoms with Gasteiger partial charge in [-0.05, 0) is 46.2 Å². The number of hydrogen-bond acceptors (Lipinski definition) is 8. The zero-order valence-electron chi connectivity index (χ0n) is 19.2. The molecule has 6 N–H and O–H groups in total. The maximum absolute atomic E-state index is 11.6. The minimum Gasteiger partial charge on any atom is -0.491 e. The van der Waals surface area contributed by atoms with Crippen molar-refractivity contribution in [2.75, 3.05) is 37.4 Å². The number of amides is 2. The summed E-state index contributed by atoms with van der Waals surface area (Å²) in [4.78, 5) is 34.6. The lowest BCUT2D eigenvalue weighted by molar-refractivity contribution is -0.143. The third kappa shape index (κ3) is 10.6. The van der Waals surface area contributed by atoms with E-state index in [2.05, 4.69) is 10.6 Å². The molecule has 0 aliphatic carbocycles. The number of carbonyl (C=O) groups excluding carboxylic acids is 3. The van der Waals surface area contributed by atoms with Gasteiger partial charge in [0.2, 0.25) is 5.91 Å². The van der Waals surface area contributed by atoms with Crippen molar-refractivity contribution < 1.29 is 28.6 Å². The van der Waals surface area contributed by atoms with Crippen LogP contribution >= 0.6 is 0 Å². The van der Waals surface area contributed by atoms with E-state index in [1.54, 1.807) is 39.8 Å². The lowest BCUT2D eigenvalue weighted by atomic mass is 10.1. The predicted octanol–water partition coefficient (Wildman–Crippen LogP) is 2.58. The Morgan fingerprint density at radius 2 is 1.81 bits per heavy atom. The third-order valence-corrected chi connectivity index (χ3v) is 3.83. The molecule has 1 aromatic rings. The number of esters is 1. The zero-order chi connectivity index (χ0) is 24.1. The van der Waals surface area contributed by atoms with Gasteiger partial charge in [0.25, 0.3) is 0 Å². The topological polar surface area (TPSA) is 155 Å². The first-order chi connectivity index (χ1) is 15.0. The van der Waals surface area contributed by atoms with Crippen LogP contribution in [0, 0.1) is 0 Å². The highest BCUT2D eigenvalue weighted by Gasteiger charge is 2.15. The molecule has 0 aromatic heterocycles. The zero-order valence-corrected chi connectivity index (χ0v) is 19.2. The van der Waals surface area contributed by atoms with Crippen molar-refractivity contribution in [3.8, 4) is 5.75 Å². The van der Waals surface area contributed by atoms with Crippen LogP contribution in [0.1, 0.15) is 50.9 Å². The van der Waals surface area contributed by atoms with Crippen LogP contribution in [0.25, 0.3) is 0 Å². The van der Waals surface area contributed by atoms with Gasteiger partial charge in [-0.2, -0.15) is 0 Å². The SMILES string of the molecule is CCOC(=O)CCCOc1cc(C(N)=O)cc(N)c1NC/C=C/CNC(=O)OC(C)(C)C. The molecule has 0 saturated heterocycles. The van der Waals surface area contributed by atoms with Gasteiger partial charge in [-0.15, -0.1) is 0 Å². The van der Waals surface area contributed by atoms with E-state index in [0.29, 0.717) is 43.2 Å². The molecule has 10 nitrogen and oxygen atoms in total. The predicted molar refractivity (Wildman–Crippen MR) is 123 cm³/mol. The minimum absolute atomic E-state index is 0.213. The highest BCUT2D eigenvalue weighted by Crippen LogP contribution is 2.32. The highest BCUT2D eigenvalue weighted by atomic mass is 16.6. The van der Waals surface area contributed by atoms with Crippen LogP contribution in [0.4, 0.5) is 16.2 Å². The first-order valence-electron chi connectivity index (χ1n) is 10.4. The van der Waals surface area contributed by atoms with Gasteiger partial charge in [-0.1, -0.05) is 12.2 Å². The van der Waals surface area contributed by atoms with Crippen molar-refractivity contribution in [3.63, 3.8) is 0 Å². The number of primary amides is 1. The summed E-state index contributed by atoms with van der Waals surface area (Å²) in [6.07, 6.45) is 3.71. The van der Waals surface area contributed by atoms with Gasteiger partial charge in [0.15, 0.2) is 0 Å². The molecule has 2 amide bonds. The number of rotatable bonds is 12. The molecule has 32 heavy (non-hydrogen) atoms. The third-order valence-electron chi connectivity index (χ3n) is 3.83. The second-order valence-corrected chi connectivity index (χ2v) is 7.79. The van der Waals surface area contributed by atoms with Crippen molar-refractivity contribution in [3.05, 3.63) is 29.8 Å². The second-order valence-electron chi connectivity index (χ2n) is 7.79. The fourth-order valence-electron chi connectivity index (χ4n) is 2.50. The van der Waals surface area contributed by atoms with E-state index in [4.69, 9.17) is 25.7 Å². The van der Waals surface area contributed by atoms with Crippen LogP contribution in [-0.4, -0.2) is 49.9 Å². The van der Waals surface area contributed by atoms with Crippen molar-refractivity contribution in [1.82, 2.24) is 5.32 Å². The van der Waals surface area contributed by atoms with Gasteiger partial charge in [0.1, 0.15) is 17.0 Å². The molecular formula is C22H34N4O6. The molecular weight excluding hydrogens is 416 g/mol. The molecule has 0 heterocycles. The van der Waals surface area contributed by atoms with Crippen LogP contribution < -0.4 is 26.8 Å². The van der Waals surface area contributed by atoms with Gasteiger partial charge in [-0.25, -0.2) is 4.79 Å². The first-order valence-corrected chi connectivity index (χ1v) is 10.4. The van der Waals surface area contributed by atoms with Gasteiger partial charge in [0, 0.05) is 25.1 Å². The van der Waals surface area contributed by atoms with Gasteiger partial charge in [0.05, 0.1) is 18.9 Å². The van der Waals surface area contributed by atoms with Gasteiger partial charge in [-0.3, -0.25) is 9.59 Å². The average Bonchev–Trinajstić information content (AvgIpc) is 2.67. The summed E-state index contributed by atoms with van der Waals surface area (Å²) in [6.45, 7) is 8.34. The van der Waals surface area contributed by atoms with Crippen molar-refractivity contribution >= 4 is 29.3 Å². The monoisotopic (exact) mass is 450 g/mol. The molecule has 0 fully saturated rings. The quantitative estimate of drug-likeness (QED) is 0.164. The summed E-state index contributed by atoms with van der Waals surface area (Å²) in [5.41, 5.74) is 11.9. The molecule has 1 aromatic carbocycles. The Kier molecular flexibility index (Phi) is 10.9. The summed E-state index contributed by atoms with van der Waals surface area (Å²) in [5, 5.41) is 5.74. The smallest absolute Gasteiger partial charge is 0.407 e. The fourth-order valence-corrected chi connectivity index (χ4v) is 2.50. The highest BCUT2D eigenvalue weighted by molar-refractivity contribution is 5.96. The second kappa shape index (κ2) is 13.1. The molecule has 0 bridgehead atoms. The van der Waals surface area contributed by atoms with E-state index >= 15 is 0 Å². The Bertz CT molecular complexity index is 817. The Hall–Kier alpha value is -3.43. The molecule has 0 unspecified atom stereocenters. The largest absolute Gasteiger partial charge is 0.491 e. The Balaban J connectivity index is 2.66. The van der Waals surface area contributed by atoms with Gasteiger partial charge < -0.3 is 36.3 Å². The van der Waals surface area contributed by atoms with E-state index in [-0.39, 0.29) is 24.6 Å². The molecule has 0 spiro atoms. The molecule has 0 atom stereocenters. The summed E-state index contributed by atoms with van der Waals surface area (Å²) in [5.74, 6) is -0.583. The summed E-state index contributed by atoms with van der Waals surface area (Å²) in [7, 11) is 0. The van der Waals surface area contributed by atoms with Crippen LogP contribution in [0.2, 0.25) is 0 Å². The standard InChI is InChI=1S/C22H34N4O6/c1-5-30-18(27)9-8-12-31-17-14-15(20(24)28)13-16(23)19(17)25-10-6-7-11-26-21(29)32-22(2,3)4/h6-7,13-14,25H,5,8-12,23H2,1-4H3,(H2,24,28)(H,26,29)/b7-6+. The number of nitrogen functional groups attached to an aromatic ring is 1. The maximum atomic E-state index is 11.6. The first kappa shape index (κ1) is 26.6. The van der Waals surface area contributed by atoms with Crippen molar-refractivity contribution in [2.45, 2.75) is 46.1 Å². The van der Waals surface area contributed by atoms with E-state index in [9.17, 15) is 14.4 Å². The van der Waals surface area contributed by atoms with E-state index in [0.717, 1.165) is 0 Å². The molecule has 1 rings (SSSR count). The van der Waals surface area contributed by atoms with E-state index in [1.807, 2.05) is 0 Å². The molecule has 10 heteroatoms. The number of anilines is 2. The average molecular weight is 451 g/mol. The van der Waals surface area contributed by atoms with Crippen molar-refractivity contribution in [1.29, 1.82) is 0 Å². The van der Waals surface area contributed by atoms with Crippen LogP contribution in [0.5, 0.6) is 5.75 Å². The molecule has 178 valence electrons. The van der Waals surface area contributed by atoms with Crippen molar-refractivity contribution in [2.24, 2.45) is 5.73 Å². The summed E-state index contributed by atoms with van der Waals surface area (Å²) < 4.78 is 15.8. The van der Waals surface area contributed by atoms with E-state index in [1.165, 1.54) is 12.1 Å². The number of benzene rings is 1. The summed E-state index contributed by atoms with van der Waals surface area (Å²) >= 11 is 0. The number of hydrogen-bond donors (Lipinski definition) is 4. The number of alkyl carbamates (subject to hydrolysis) is 1. The lowest BCUT2D eigenvalue weighted by Crippen LogP contribution is -2.32. The fraction of sp³-hybridized carbons (Fsp3) is 0.500. The van der Waals surface area contributed by atoms with Crippen LogP contribution in [0.3, 0.4) is 0 Å². The Morgan fingerprint density at radius 3 is 2.44 bits per heavy atom. The molecule has 0 aliphatic rings. The number of carbonyl (C=O) groups is 3. The lowest BCUT2D eigenvalue weighted by Gasteiger charge is -2.19. The molecule has 0 saturated carbocycles. The molecule has 0 aliphatic heterocycles. The Labute approximate surface area is 188 Å². The van der Waals surface area contributed by atoms with Crippen LogP contribution in [0.15, 0.2) is 24.3 Å². The molecule has 0 radical (unpaired) electrons. The van der Waals surface area contributed by atoms with E-state index < -0.39 is 17.6 Å². The van der Waals surface area contributed by atoms with Gasteiger partial charge >= 0.3 is 12.1 Å². The van der Waals surface area contributed by atoms with Crippen LogP contribution in [-0.2, 0) is 14.3 Å². The normalized spacial score (nSPS) is 11.1. The summed E-state index contributed by atoms with van der Waals surface area (Å²) in [6, 6.07) is 2.96. The number of nitrogens with one attached hydrogen (secondary N) is 2. The number of nitrogens with two attached hydrogens (primary N) is 2. The maximum Gasteiger partial charge on any atom is 0.407 e. The Morgan fingerprint density at radius 1 is 1.12 bits per heavy atom. The minimum atomic E-state index is -0.632.